The summed E-state index contributed by atoms with van der Waals surface area (Å²) in [5.41, 5.74) is 0.941. The van der Waals surface area contributed by atoms with Gasteiger partial charge >= 0.3 is 10.2 Å². The van der Waals surface area contributed by atoms with Gasteiger partial charge < -0.3 is 9.88 Å². The first kappa shape index (κ1) is 17.6. The lowest BCUT2D eigenvalue weighted by atomic mass is 10.2. The van der Waals surface area contributed by atoms with Gasteiger partial charge in [-0.3, -0.25) is 9.59 Å². The molecule has 0 atom stereocenters. The fourth-order valence-corrected chi connectivity index (χ4v) is 5.21. The zero-order valence-electron chi connectivity index (χ0n) is 14.8. The maximum Gasteiger partial charge on any atom is 0.326 e. The van der Waals surface area contributed by atoms with Crippen molar-refractivity contribution >= 4 is 27.5 Å². The van der Waals surface area contributed by atoms with E-state index in [0.717, 1.165) is 12.8 Å². The highest BCUT2D eigenvalue weighted by Crippen LogP contribution is 2.46. The number of nitrogens with zero attached hydrogens (tertiary/aromatic N) is 3. The number of hydrogen-bond donors (Lipinski definition) is 1. The number of carbonyl (C=O) groups is 1. The number of pyridine rings is 1. The maximum absolute atomic E-state index is 13.0. The third-order valence-electron chi connectivity index (χ3n) is 4.76. The van der Waals surface area contributed by atoms with E-state index in [1.54, 1.807) is 37.5 Å². The van der Waals surface area contributed by atoms with Crippen LogP contribution in [0.15, 0.2) is 47.4 Å². The Hall–Kier alpha value is -2.81. The maximum atomic E-state index is 13.0. The van der Waals surface area contributed by atoms with Gasteiger partial charge in [0.1, 0.15) is 5.56 Å². The van der Waals surface area contributed by atoms with Crippen molar-refractivity contribution in [3.8, 4) is 0 Å². The topological polar surface area (TPSA) is 91.7 Å². The highest BCUT2D eigenvalue weighted by Gasteiger charge is 2.47. The van der Waals surface area contributed by atoms with E-state index >= 15 is 0 Å². The molecule has 0 spiro atoms. The summed E-state index contributed by atoms with van der Waals surface area (Å²) in [6.45, 7) is 0.199. The van der Waals surface area contributed by atoms with Crippen molar-refractivity contribution in [3.63, 3.8) is 0 Å². The van der Waals surface area contributed by atoms with E-state index in [1.807, 2.05) is 6.07 Å². The quantitative estimate of drug-likeness (QED) is 0.822. The summed E-state index contributed by atoms with van der Waals surface area (Å²) in [5, 5.41) is 2.65. The summed E-state index contributed by atoms with van der Waals surface area (Å²) < 4.78 is 30.1. The van der Waals surface area contributed by atoms with Crippen LogP contribution in [-0.4, -0.2) is 38.0 Å². The summed E-state index contributed by atoms with van der Waals surface area (Å²) in [6, 6.07) is 10.3. The smallest absolute Gasteiger partial charge is 0.326 e. The average molecular weight is 388 g/mol. The summed E-state index contributed by atoms with van der Waals surface area (Å²) in [6.07, 6.45) is 3.28. The summed E-state index contributed by atoms with van der Waals surface area (Å²) in [7, 11) is -2.08. The third kappa shape index (κ3) is 2.97. The molecule has 2 heterocycles. The van der Waals surface area contributed by atoms with Crippen LogP contribution in [0.25, 0.3) is 0 Å². The van der Waals surface area contributed by atoms with Crippen molar-refractivity contribution in [1.82, 2.24) is 9.88 Å². The van der Waals surface area contributed by atoms with Crippen molar-refractivity contribution in [2.24, 2.45) is 7.05 Å². The molecule has 1 fully saturated rings. The van der Waals surface area contributed by atoms with Gasteiger partial charge in [0.2, 0.25) is 0 Å². The predicted octanol–water partition coefficient (Wildman–Crippen LogP) is 0.849. The van der Waals surface area contributed by atoms with Crippen LogP contribution in [0.4, 0.5) is 11.4 Å². The zero-order valence-corrected chi connectivity index (χ0v) is 15.6. The minimum atomic E-state index is -3.65. The van der Waals surface area contributed by atoms with E-state index in [1.165, 1.54) is 19.2 Å². The second-order valence-electron chi connectivity index (χ2n) is 6.69. The Morgan fingerprint density at radius 1 is 1.15 bits per heavy atom. The normalized spacial score (nSPS) is 17.7. The Kier molecular flexibility index (Phi) is 4.18. The van der Waals surface area contributed by atoms with Gasteiger partial charge in [-0.1, -0.05) is 12.1 Å². The molecule has 1 aromatic heterocycles. The van der Waals surface area contributed by atoms with Crippen LogP contribution in [0.2, 0.25) is 0 Å². The second kappa shape index (κ2) is 6.41. The van der Waals surface area contributed by atoms with Crippen molar-refractivity contribution in [3.05, 3.63) is 58.5 Å². The van der Waals surface area contributed by atoms with Crippen LogP contribution in [-0.2, 0) is 17.3 Å². The van der Waals surface area contributed by atoms with Crippen molar-refractivity contribution in [2.45, 2.75) is 18.9 Å². The van der Waals surface area contributed by atoms with E-state index in [2.05, 4.69) is 5.32 Å². The van der Waals surface area contributed by atoms with E-state index in [4.69, 9.17) is 0 Å². The molecule has 1 amide bonds. The largest absolute Gasteiger partial charge is 0.350 e. The third-order valence-corrected chi connectivity index (χ3v) is 6.69. The number of nitrogens with one attached hydrogen (secondary N) is 1. The number of benzene rings is 1. The van der Waals surface area contributed by atoms with Crippen LogP contribution in [0.3, 0.4) is 0 Å². The molecule has 1 aliphatic carbocycles. The van der Waals surface area contributed by atoms with Crippen LogP contribution in [0.5, 0.6) is 0 Å². The number of anilines is 2. The van der Waals surface area contributed by atoms with Crippen LogP contribution in [0.1, 0.15) is 23.2 Å². The van der Waals surface area contributed by atoms with Gasteiger partial charge in [-0.15, -0.1) is 0 Å². The van der Waals surface area contributed by atoms with E-state index in [9.17, 15) is 18.0 Å². The Morgan fingerprint density at radius 2 is 1.85 bits per heavy atom. The molecule has 8 nitrogen and oxygen atoms in total. The standard InChI is InChI=1S/C18H20N4O4S/c1-20-11-4-5-14(18(20)24)17(23)19-10-12-21-15-6-2-3-7-16(15)22(13-8-9-13)27(21,25)26/h2-7,11,13H,8-10,12H2,1H3,(H,19,23). The molecule has 0 radical (unpaired) electrons. The van der Waals surface area contributed by atoms with Gasteiger partial charge in [-0.05, 0) is 37.1 Å². The number of para-hydroxylation sites is 2. The summed E-state index contributed by atoms with van der Waals surface area (Å²) >= 11 is 0. The van der Waals surface area contributed by atoms with Crippen molar-refractivity contribution in [1.29, 1.82) is 0 Å². The average Bonchev–Trinajstić information content (AvgIpc) is 3.43. The van der Waals surface area contributed by atoms with Gasteiger partial charge in [-0.2, -0.15) is 8.42 Å². The molecule has 9 heteroatoms. The van der Waals surface area contributed by atoms with Gasteiger partial charge in [0.25, 0.3) is 11.5 Å². The first-order valence-corrected chi connectivity index (χ1v) is 10.2. The van der Waals surface area contributed by atoms with E-state index < -0.39 is 21.7 Å². The molecule has 4 rings (SSSR count). The molecule has 1 aliphatic heterocycles. The number of fused-ring (bicyclic) bond motifs is 1. The Morgan fingerprint density at radius 3 is 2.56 bits per heavy atom. The molecule has 1 aromatic carbocycles. The van der Waals surface area contributed by atoms with Gasteiger partial charge in [0.05, 0.1) is 17.9 Å². The Bertz CT molecular complexity index is 1060. The number of hydrogen-bond acceptors (Lipinski definition) is 4. The Labute approximate surface area is 157 Å². The monoisotopic (exact) mass is 388 g/mol. The molecule has 2 aliphatic rings. The minimum absolute atomic E-state index is 0.0167. The van der Waals surface area contributed by atoms with Gasteiger partial charge in [-0.25, -0.2) is 8.61 Å². The lowest BCUT2D eigenvalue weighted by molar-refractivity contribution is 0.0953. The molecule has 1 N–H and O–H groups in total. The minimum Gasteiger partial charge on any atom is -0.350 e. The van der Waals surface area contributed by atoms with Crippen LogP contribution in [0, 0.1) is 0 Å². The van der Waals surface area contributed by atoms with Crippen LogP contribution < -0.4 is 19.5 Å². The molecule has 2 aromatic rings. The van der Waals surface area contributed by atoms with Gasteiger partial charge in [0.15, 0.2) is 0 Å². The molecule has 0 bridgehead atoms. The summed E-state index contributed by atoms with van der Waals surface area (Å²) in [4.78, 5) is 24.3. The molecule has 1 saturated carbocycles. The lowest BCUT2D eigenvalue weighted by Gasteiger charge is -2.21. The first-order valence-electron chi connectivity index (χ1n) is 8.76. The number of aromatic nitrogens is 1. The van der Waals surface area contributed by atoms with E-state index in [-0.39, 0.29) is 24.7 Å². The molecular weight excluding hydrogens is 368 g/mol. The number of carbonyl (C=O) groups excluding carboxylic acids is 1. The predicted molar refractivity (Wildman–Crippen MR) is 102 cm³/mol. The number of aryl methyl sites for hydroxylation is 1. The fraction of sp³-hybridized carbons (Fsp3) is 0.333. The lowest BCUT2D eigenvalue weighted by Crippen LogP contribution is -2.43. The highest BCUT2D eigenvalue weighted by molar-refractivity contribution is 7.94. The van der Waals surface area contributed by atoms with Crippen molar-refractivity contribution < 1.29 is 13.2 Å². The van der Waals surface area contributed by atoms with E-state index in [0.29, 0.717) is 11.4 Å². The number of amides is 1. The summed E-state index contributed by atoms with van der Waals surface area (Å²) in [5.74, 6) is -0.514. The van der Waals surface area contributed by atoms with Crippen molar-refractivity contribution in [2.75, 3.05) is 21.7 Å². The second-order valence-corrected chi connectivity index (χ2v) is 8.42. The highest BCUT2D eigenvalue weighted by atomic mass is 32.2. The zero-order chi connectivity index (χ0) is 19.2. The number of rotatable bonds is 5. The fourth-order valence-electron chi connectivity index (χ4n) is 3.28. The Balaban J connectivity index is 1.50. The van der Waals surface area contributed by atoms with Crippen LogP contribution >= 0.6 is 0 Å². The molecule has 142 valence electrons. The first-order chi connectivity index (χ1) is 12.9. The molecule has 27 heavy (non-hydrogen) atoms. The SMILES string of the molecule is Cn1cccc(C(=O)NCCN2c3ccccc3N(C3CC3)S2(=O)=O)c1=O. The molecule has 0 unspecified atom stereocenters. The van der Waals surface area contributed by atoms with Gasteiger partial charge in [0, 0.05) is 25.8 Å². The molecule has 0 saturated heterocycles. The molecular formula is C18H20N4O4S.